The summed E-state index contributed by atoms with van der Waals surface area (Å²) in [5.41, 5.74) is 1.71. The van der Waals surface area contributed by atoms with Crippen molar-refractivity contribution in [2.75, 3.05) is 34.5 Å². The highest BCUT2D eigenvalue weighted by Gasteiger charge is 2.15. The quantitative estimate of drug-likeness (QED) is 0.803. The van der Waals surface area contributed by atoms with Gasteiger partial charge in [0, 0.05) is 6.54 Å². The van der Waals surface area contributed by atoms with Gasteiger partial charge in [-0.15, -0.1) is 0 Å². The van der Waals surface area contributed by atoms with E-state index in [1.165, 1.54) is 0 Å². The zero-order chi connectivity index (χ0) is 19.2. The Kier molecular flexibility index (Phi) is 5.90. The molecule has 7 nitrogen and oxygen atoms in total. The average Bonchev–Trinajstić information content (AvgIpc) is 2.71. The number of methoxy groups -OCH3 is 3. The maximum atomic E-state index is 12.3. The van der Waals surface area contributed by atoms with Crippen molar-refractivity contribution in [2.45, 2.75) is 13.0 Å². The number of hydrogen-bond acceptors (Lipinski definition) is 6. The summed E-state index contributed by atoms with van der Waals surface area (Å²) in [6.45, 7) is 1.49. The Morgan fingerprint density at radius 3 is 2.22 bits per heavy atom. The Balaban J connectivity index is 1.64. The van der Waals surface area contributed by atoms with E-state index in [4.69, 9.17) is 23.7 Å². The molecule has 2 aromatic rings. The van der Waals surface area contributed by atoms with Crippen LogP contribution in [-0.4, -0.2) is 40.5 Å². The predicted octanol–water partition coefficient (Wildman–Crippen LogP) is 2.34. The van der Waals surface area contributed by atoms with Gasteiger partial charge in [-0.1, -0.05) is 6.07 Å². The van der Waals surface area contributed by atoms with Crippen LogP contribution in [0.5, 0.6) is 28.7 Å². The van der Waals surface area contributed by atoms with Crippen molar-refractivity contribution in [2.24, 2.45) is 0 Å². The summed E-state index contributed by atoms with van der Waals surface area (Å²) in [5.74, 6) is 2.86. The lowest BCUT2D eigenvalue weighted by Gasteiger charge is -2.19. The molecular formula is C20H23NO6. The summed E-state index contributed by atoms with van der Waals surface area (Å²) in [6, 6.07) is 9.19. The van der Waals surface area contributed by atoms with Crippen LogP contribution in [0.1, 0.15) is 11.1 Å². The highest BCUT2D eigenvalue weighted by atomic mass is 16.6. The van der Waals surface area contributed by atoms with E-state index in [1.807, 2.05) is 18.2 Å². The second-order valence-corrected chi connectivity index (χ2v) is 5.97. The van der Waals surface area contributed by atoms with Crippen LogP contribution < -0.4 is 29.0 Å². The molecule has 0 fully saturated rings. The summed E-state index contributed by atoms with van der Waals surface area (Å²) in [7, 11) is 4.63. The molecule has 0 radical (unpaired) electrons. The van der Waals surface area contributed by atoms with Crippen molar-refractivity contribution >= 4 is 5.91 Å². The van der Waals surface area contributed by atoms with Crippen LogP contribution in [0.2, 0.25) is 0 Å². The first-order valence-corrected chi connectivity index (χ1v) is 8.58. The Labute approximate surface area is 158 Å². The van der Waals surface area contributed by atoms with Gasteiger partial charge in [-0.2, -0.15) is 0 Å². The number of benzene rings is 2. The first kappa shape index (κ1) is 18.7. The SMILES string of the molecule is COc1cc(CC(=O)NCc2ccc3c(c2)OCCO3)cc(OC)c1OC. The van der Waals surface area contributed by atoms with Crippen LogP contribution in [0.4, 0.5) is 0 Å². The molecule has 1 amide bonds. The van der Waals surface area contributed by atoms with E-state index in [-0.39, 0.29) is 12.3 Å². The number of nitrogens with one attached hydrogen (secondary N) is 1. The Morgan fingerprint density at radius 2 is 1.59 bits per heavy atom. The van der Waals surface area contributed by atoms with Crippen molar-refractivity contribution in [1.82, 2.24) is 5.32 Å². The largest absolute Gasteiger partial charge is 0.493 e. The first-order valence-electron chi connectivity index (χ1n) is 8.58. The van der Waals surface area contributed by atoms with Crippen molar-refractivity contribution < 1.29 is 28.5 Å². The van der Waals surface area contributed by atoms with Gasteiger partial charge in [0.15, 0.2) is 23.0 Å². The molecule has 27 heavy (non-hydrogen) atoms. The maximum absolute atomic E-state index is 12.3. The summed E-state index contributed by atoms with van der Waals surface area (Å²) < 4.78 is 27.0. The van der Waals surface area contributed by atoms with Gasteiger partial charge in [-0.05, 0) is 35.4 Å². The van der Waals surface area contributed by atoms with E-state index in [2.05, 4.69) is 5.32 Å². The monoisotopic (exact) mass is 373 g/mol. The van der Waals surface area contributed by atoms with Gasteiger partial charge in [-0.25, -0.2) is 0 Å². The van der Waals surface area contributed by atoms with Crippen LogP contribution >= 0.6 is 0 Å². The lowest BCUT2D eigenvalue weighted by molar-refractivity contribution is -0.120. The summed E-state index contributed by atoms with van der Waals surface area (Å²) in [6.07, 6.45) is 0.196. The minimum absolute atomic E-state index is 0.112. The lowest BCUT2D eigenvalue weighted by Crippen LogP contribution is -2.24. The minimum Gasteiger partial charge on any atom is -0.493 e. The van der Waals surface area contributed by atoms with Gasteiger partial charge >= 0.3 is 0 Å². The third kappa shape index (κ3) is 4.36. The molecule has 0 saturated carbocycles. The fourth-order valence-electron chi connectivity index (χ4n) is 2.88. The van der Waals surface area contributed by atoms with Crippen LogP contribution in [-0.2, 0) is 17.8 Å². The van der Waals surface area contributed by atoms with E-state index in [0.29, 0.717) is 42.8 Å². The second-order valence-electron chi connectivity index (χ2n) is 5.97. The fraction of sp³-hybridized carbons (Fsp3) is 0.350. The average molecular weight is 373 g/mol. The van der Waals surface area contributed by atoms with Crippen molar-refractivity contribution in [3.05, 3.63) is 41.5 Å². The molecule has 1 aliphatic rings. The summed E-state index contributed by atoms with van der Waals surface area (Å²) in [5, 5.41) is 2.91. The van der Waals surface area contributed by atoms with Crippen LogP contribution in [0, 0.1) is 0 Å². The molecule has 7 heteroatoms. The minimum atomic E-state index is -0.112. The molecule has 0 saturated heterocycles. The van der Waals surface area contributed by atoms with Gasteiger partial charge < -0.3 is 29.0 Å². The molecule has 1 aliphatic heterocycles. The van der Waals surface area contributed by atoms with Gasteiger partial charge in [-0.3, -0.25) is 4.79 Å². The number of carbonyl (C=O) groups is 1. The standard InChI is InChI=1S/C20H23NO6/c1-23-17-9-14(10-18(24-2)20(17)25-3)11-19(22)21-12-13-4-5-15-16(8-13)27-7-6-26-15/h4-5,8-10H,6-7,11-12H2,1-3H3,(H,21,22). The Hall–Kier alpha value is -3.09. The molecule has 144 valence electrons. The second kappa shape index (κ2) is 8.53. The van der Waals surface area contributed by atoms with Gasteiger partial charge in [0.05, 0.1) is 27.8 Å². The van der Waals surface area contributed by atoms with E-state index < -0.39 is 0 Å². The molecule has 0 bridgehead atoms. The lowest BCUT2D eigenvalue weighted by atomic mass is 10.1. The van der Waals surface area contributed by atoms with Crippen LogP contribution in [0.15, 0.2) is 30.3 Å². The number of rotatable bonds is 7. The molecule has 0 aliphatic carbocycles. The number of hydrogen-bond donors (Lipinski definition) is 1. The molecule has 0 atom stereocenters. The Morgan fingerprint density at radius 1 is 0.926 bits per heavy atom. The molecule has 3 rings (SSSR count). The number of carbonyl (C=O) groups excluding carboxylic acids is 1. The zero-order valence-corrected chi connectivity index (χ0v) is 15.7. The van der Waals surface area contributed by atoms with E-state index in [0.717, 1.165) is 16.9 Å². The first-order chi connectivity index (χ1) is 13.1. The molecule has 0 aromatic heterocycles. The highest BCUT2D eigenvalue weighted by Crippen LogP contribution is 2.38. The van der Waals surface area contributed by atoms with Gasteiger partial charge in [0.1, 0.15) is 13.2 Å². The van der Waals surface area contributed by atoms with Crippen LogP contribution in [0.25, 0.3) is 0 Å². The summed E-state index contributed by atoms with van der Waals surface area (Å²) in [4.78, 5) is 12.3. The van der Waals surface area contributed by atoms with E-state index >= 15 is 0 Å². The third-order valence-electron chi connectivity index (χ3n) is 4.19. The highest BCUT2D eigenvalue weighted by molar-refractivity contribution is 5.79. The topological polar surface area (TPSA) is 75.3 Å². The fourth-order valence-corrected chi connectivity index (χ4v) is 2.88. The number of amides is 1. The van der Waals surface area contributed by atoms with Gasteiger partial charge in [0.25, 0.3) is 0 Å². The van der Waals surface area contributed by atoms with Crippen molar-refractivity contribution in [3.8, 4) is 28.7 Å². The molecular weight excluding hydrogens is 350 g/mol. The number of fused-ring (bicyclic) bond motifs is 1. The molecule has 0 unspecified atom stereocenters. The third-order valence-corrected chi connectivity index (χ3v) is 4.19. The van der Waals surface area contributed by atoms with Crippen LogP contribution in [0.3, 0.4) is 0 Å². The summed E-state index contributed by atoms with van der Waals surface area (Å²) >= 11 is 0. The zero-order valence-electron chi connectivity index (χ0n) is 15.7. The molecule has 0 spiro atoms. The predicted molar refractivity (Wildman–Crippen MR) is 99.1 cm³/mol. The smallest absolute Gasteiger partial charge is 0.224 e. The number of ether oxygens (including phenoxy) is 5. The molecule has 2 aromatic carbocycles. The van der Waals surface area contributed by atoms with Gasteiger partial charge in [0.2, 0.25) is 11.7 Å². The normalized spacial score (nSPS) is 12.3. The van der Waals surface area contributed by atoms with E-state index in [1.54, 1.807) is 33.5 Å². The molecule has 1 N–H and O–H groups in total. The van der Waals surface area contributed by atoms with Crippen molar-refractivity contribution in [3.63, 3.8) is 0 Å². The van der Waals surface area contributed by atoms with Crippen molar-refractivity contribution in [1.29, 1.82) is 0 Å². The van der Waals surface area contributed by atoms with E-state index in [9.17, 15) is 4.79 Å². The molecule has 1 heterocycles. The maximum Gasteiger partial charge on any atom is 0.224 e. The Bertz CT molecular complexity index is 795.